The average Bonchev–Trinajstić information content (AvgIpc) is 2.85. The average molecular weight is 308 g/mol. The van der Waals surface area contributed by atoms with Crippen molar-refractivity contribution in [3.05, 3.63) is 45.4 Å². The normalized spacial score (nSPS) is 11.3. The van der Waals surface area contributed by atoms with Crippen LogP contribution in [0.1, 0.15) is 11.3 Å². The van der Waals surface area contributed by atoms with Crippen molar-refractivity contribution in [2.45, 2.75) is 6.42 Å². The summed E-state index contributed by atoms with van der Waals surface area (Å²) in [6.45, 7) is 0. The minimum atomic E-state index is 0.175. The number of para-hydroxylation sites is 1. The molecular formula is C14H14ClN3OS. The Morgan fingerprint density at radius 2 is 2.10 bits per heavy atom. The van der Waals surface area contributed by atoms with E-state index in [1.165, 1.54) is 0 Å². The van der Waals surface area contributed by atoms with E-state index in [1.807, 2.05) is 36.0 Å². The van der Waals surface area contributed by atoms with Crippen molar-refractivity contribution in [3.8, 4) is 5.88 Å². The van der Waals surface area contributed by atoms with Crippen molar-refractivity contribution in [1.82, 2.24) is 14.1 Å². The Bertz CT molecular complexity index is 859. The zero-order valence-corrected chi connectivity index (χ0v) is 12.7. The van der Waals surface area contributed by atoms with Crippen molar-refractivity contribution < 1.29 is 5.11 Å². The number of aromatic hydroxyl groups is 1. The van der Waals surface area contributed by atoms with Gasteiger partial charge in [-0.2, -0.15) is 0 Å². The van der Waals surface area contributed by atoms with Crippen LogP contribution in [0.2, 0.25) is 5.02 Å². The van der Waals surface area contributed by atoms with Crippen LogP contribution < -0.4 is 0 Å². The summed E-state index contributed by atoms with van der Waals surface area (Å²) in [6, 6.07) is 5.84. The van der Waals surface area contributed by atoms with Crippen LogP contribution in [-0.4, -0.2) is 19.2 Å². The van der Waals surface area contributed by atoms with Crippen LogP contribution in [-0.2, 0) is 20.5 Å². The molecule has 0 amide bonds. The Balaban J connectivity index is 2.14. The predicted molar refractivity (Wildman–Crippen MR) is 83.0 cm³/mol. The van der Waals surface area contributed by atoms with Crippen LogP contribution >= 0.6 is 23.8 Å². The number of halogens is 1. The van der Waals surface area contributed by atoms with Gasteiger partial charge in [-0.15, -0.1) is 0 Å². The van der Waals surface area contributed by atoms with Gasteiger partial charge in [0, 0.05) is 32.1 Å². The van der Waals surface area contributed by atoms with Crippen molar-refractivity contribution in [1.29, 1.82) is 0 Å². The summed E-state index contributed by atoms with van der Waals surface area (Å²) in [4.78, 5) is 3.04. The number of H-pyrrole nitrogens is 1. The second-order valence-electron chi connectivity index (χ2n) is 4.87. The van der Waals surface area contributed by atoms with E-state index < -0.39 is 0 Å². The largest absolute Gasteiger partial charge is 0.493 e. The number of hydrogen-bond donors (Lipinski definition) is 2. The monoisotopic (exact) mass is 307 g/mol. The summed E-state index contributed by atoms with van der Waals surface area (Å²) >= 11 is 11.4. The van der Waals surface area contributed by atoms with Gasteiger partial charge in [0.15, 0.2) is 4.77 Å². The third-order valence-electron chi connectivity index (χ3n) is 3.55. The van der Waals surface area contributed by atoms with E-state index in [0.717, 1.165) is 21.5 Å². The number of nitrogens with zero attached hydrogens (tertiary/aromatic N) is 2. The molecule has 0 saturated heterocycles. The van der Waals surface area contributed by atoms with Gasteiger partial charge in [-0.1, -0.05) is 23.7 Å². The third kappa shape index (κ3) is 1.94. The maximum absolute atomic E-state index is 10.0. The van der Waals surface area contributed by atoms with E-state index in [1.54, 1.807) is 11.6 Å². The molecule has 1 aromatic carbocycles. The van der Waals surface area contributed by atoms with Crippen LogP contribution in [0.3, 0.4) is 0 Å². The minimum absolute atomic E-state index is 0.175. The molecule has 0 radical (unpaired) electrons. The summed E-state index contributed by atoms with van der Waals surface area (Å²) in [7, 11) is 3.70. The van der Waals surface area contributed by atoms with Gasteiger partial charge in [0.05, 0.1) is 16.2 Å². The number of nitrogens with one attached hydrogen (secondary N) is 1. The molecule has 2 heterocycles. The van der Waals surface area contributed by atoms with Gasteiger partial charge in [0.2, 0.25) is 5.88 Å². The topological polar surface area (TPSA) is 45.9 Å². The van der Waals surface area contributed by atoms with E-state index in [2.05, 4.69) is 4.98 Å². The molecule has 0 bridgehead atoms. The highest BCUT2D eigenvalue weighted by molar-refractivity contribution is 7.71. The number of aryl methyl sites for hydroxylation is 1. The molecule has 104 valence electrons. The number of imidazole rings is 1. The highest BCUT2D eigenvalue weighted by Gasteiger charge is 2.14. The Morgan fingerprint density at radius 3 is 2.75 bits per heavy atom. The molecule has 0 aliphatic carbocycles. The van der Waals surface area contributed by atoms with Gasteiger partial charge < -0.3 is 14.7 Å². The first kappa shape index (κ1) is 13.3. The maximum atomic E-state index is 10.0. The zero-order valence-electron chi connectivity index (χ0n) is 11.1. The van der Waals surface area contributed by atoms with Gasteiger partial charge >= 0.3 is 0 Å². The number of aromatic amines is 1. The van der Waals surface area contributed by atoms with Gasteiger partial charge in [0.1, 0.15) is 0 Å². The first-order valence-electron chi connectivity index (χ1n) is 6.18. The number of aromatic nitrogens is 3. The Kier molecular flexibility index (Phi) is 3.11. The first-order valence-corrected chi connectivity index (χ1v) is 6.97. The molecule has 20 heavy (non-hydrogen) atoms. The quantitative estimate of drug-likeness (QED) is 0.712. The van der Waals surface area contributed by atoms with Crippen molar-refractivity contribution >= 4 is 34.7 Å². The van der Waals surface area contributed by atoms with E-state index in [4.69, 9.17) is 23.8 Å². The lowest BCUT2D eigenvalue weighted by molar-refractivity contribution is 0.426. The van der Waals surface area contributed by atoms with E-state index in [9.17, 15) is 5.11 Å². The van der Waals surface area contributed by atoms with Crippen LogP contribution in [0.5, 0.6) is 5.88 Å². The standard InChI is InChI=1S/C14H14ClN3OS/c1-17-7-8(9-4-3-5-10(15)12(9)17)6-11-13(19)18(2)14(20)16-11/h3-5,7,19H,6H2,1-2H3,(H,16,20). The summed E-state index contributed by atoms with van der Waals surface area (Å²) in [5, 5.41) is 11.9. The van der Waals surface area contributed by atoms with E-state index in [0.29, 0.717) is 16.9 Å². The molecule has 6 heteroatoms. The van der Waals surface area contributed by atoms with Gasteiger partial charge in [-0.05, 0) is 23.8 Å². The van der Waals surface area contributed by atoms with Crippen molar-refractivity contribution in [3.63, 3.8) is 0 Å². The lowest BCUT2D eigenvalue weighted by atomic mass is 10.1. The van der Waals surface area contributed by atoms with Gasteiger partial charge in [-0.25, -0.2) is 0 Å². The van der Waals surface area contributed by atoms with Crippen LogP contribution in [0.25, 0.3) is 10.9 Å². The zero-order chi connectivity index (χ0) is 14.4. The minimum Gasteiger partial charge on any atom is -0.493 e. The number of hydrogen-bond acceptors (Lipinski definition) is 2. The fourth-order valence-corrected chi connectivity index (χ4v) is 3.04. The fourth-order valence-electron chi connectivity index (χ4n) is 2.52. The fraction of sp³-hybridized carbons (Fsp3) is 0.214. The summed E-state index contributed by atoms with van der Waals surface area (Å²) in [5.41, 5.74) is 2.81. The third-order valence-corrected chi connectivity index (χ3v) is 4.23. The molecule has 0 spiro atoms. The molecule has 0 unspecified atom stereocenters. The van der Waals surface area contributed by atoms with Crippen LogP contribution in [0.15, 0.2) is 24.4 Å². The Hall–Kier alpha value is -1.72. The van der Waals surface area contributed by atoms with Crippen LogP contribution in [0, 0.1) is 4.77 Å². The first-order chi connectivity index (χ1) is 9.49. The molecular weight excluding hydrogens is 294 g/mol. The summed E-state index contributed by atoms with van der Waals surface area (Å²) in [6.07, 6.45) is 2.61. The molecule has 0 aliphatic rings. The highest BCUT2D eigenvalue weighted by atomic mass is 35.5. The second kappa shape index (κ2) is 4.68. The summed E-state index contributed by atoms with van der Waals surface area (Å²) < 4.78 is 4.07. The molecule has 2 aromatic heterocycles. The van der Waals surface area contributed by atoms with Crippen molar-refractivity contribution in [2.24, 2.45) is 14.1 Å². The summed E-state index contributed by atoms with van der Waals surface area (Å²) in [5.74, 6) is 0.175. The Labute approximate surface area is 126 Å². The lowest BCUT2D eigenvalue weighted by Gasteiger charge is -2.00. The molecule has 0 fully saturated rings. The molecule has 4 nitrogen and oxygen atoms in total. The molecule has 0 atom stereocenters. The van der Waals surface area contributed by atoms with Crippen LogP contribution in [0.4, 0.5) is 0 Å². The highest BCUT2D eigenvalue weighted by Crippen LogP contribution is 2.30. The molecule has 3 aromatic rings. The molecule has 0 aliphatic heterocycles. The number of rotatable bonds is 2. The van der Waals surface area contributed by atoms with E-state index in [-0.39, 0.29) is 5.88 Å². The van der Waals surface area contributed by atoms with Gasteiger partial charge in [-0.3, -0.25) is 4.57 Å². The van der Waals surface area contributed by atoms with Gasteiger partial charge in [0.25, 0.3) is 0 Å². The smallest absolute Gasteiger partial charge is 0.213 e. The molecule has 2 N–H and O–H groups in total. The number of fused-ring (bicyclic) bond motifs is 1. The maximum Gasteiger partial charge on any atom is 0.213 e. The SMILES string of the molecule is Cn1c(O)c(Cc2cn(C)c3c(Cl)cccc23)[nH]c1=S. The Morgan fingerprint density at radius 1 is 1.35 bits per heavy atom. The molecule has 3 rings (SSSR count). The van der Waals surface area contributed by atoms with Crippen molar-refractivity contribution in [2.75, 3.05) is 0 Å². The van der Waals surface area contributed by atoms with E-state index >= 15 is 0 Å². The lowest BCUT2D eigenvalue weighted by Crippen LogP contribution is -1.89. The second-order valence-corrected chi connectivity index (χ2v) is 5.66. The predicted octanol–water partition coefficient (Wildman–Crippen LogP) is 3.52. The number of benzene rings is 1. The molecule has 0 saturated carbocycles.